The molecule has 0 saturated heterocycles. The first-order valence-electron chi connectivity index (χ1n) is 5.56. The number of aromatic nitrogens is 1. The van der Waals surface area contributed by atoms with Crippen LogP contribution < -0.4 is 0 Å². The van der Waals surface area contributed by atoms with Gasteiger partial charge in [-0.3, -0.25) is 4.99 Å². The second-order valence-corrected chi connectivity index (χ2v) is 4.17. The Morgan fingerprint density at radius 2 is 2.17 bits per heavy atom. The summed E-state index contributed by atoms with van der Waals surface area (Å²) in [5.74, 6) is -0.939. The van der Waals surface area contributed by atoms with E-state index in [4.69, 9.17) is 5.11 Å². The van der Waals surface area contributed by atoms with E-state index in [9.17, 15) is 4.79 Å². The van der Waals surface area contributed by atoms with Gasteiger partial charge in [-0.05, 0) is 30.7 Å². The van der Waals surface area contributed by atoms with Crippen molar-refractivity contribution in [2.45, 2.75) is 6.92 Å². The number of carboxylic acids is 1. The molecule has 1 N–H and O–H groups in total. The molecule has 0 aliphatic rings. The summed E-state index contributed by atoms with van der Waals surface area (Å²) < 4.78 is 1.93. The summed E-state index contributed by atoms with van der Waals surface area (Å²) in [4.78, 5) is 15.2. The highest BCUT2D eigenvalue weighted by Gasteiger charge is 2.04. The van der Waals surface area contributed by atoms with Crippen LogP contribution in [0.25, 0.3) is 0 Å². The van der Waals surface area contributed by atoms with Gasteiger partial charge in [-0.25, -0.2) is 4.79 Å². The highest BCUT2D eigenvalue weighted by molar-refractivity contribution is 5.89. The van der Waals surface area contributed by atoms with Crippen molar-refractivity contribution in [1.82, 2.24) is 4.57 Å². The molecule has 1 heterocycles. The minimum Gasteiger partial charge on any atom is -0.478 e. The third-order valence-corrected chi connectivity index (χ3v) is 2.66. The molecule has 0 unspecified atom stereocenters. The Hall–Kier alpha value is -2.36. The summed E-state index contributed by atoms with van der Waals surface area (Å²) in [6.07, 6.45) is 5.61. The van der Waals surface area contributed by atoms with Crippen molar-refractivity contribution < 1.29 is 9.90 Å². The van der Waals surface area contributed by atoms with Crippen LogP contribution >= 0.6 is 0 Å². The van der Waals surface area contributed by atoms with E-state index in [2.05, 4.69) is 4.99 Å². The fraction of sp³-hybridized carbons (Fsp3) is 0.143. The monoisotopic (exact) mass is 242 g/mol. The molecule has 0 aliphatic heterocycles. The van der Waals surface area contributed by atoms with Gasteiger partial charge in [0.1, 0.15) is 0 Å². The van der Waals surface area contributed by atoms with Gasteiger partial charge >= 0.3 is 5.97 Å². The predicted octanol–water partition coefficient (Wildman–Crippen LogP) is 2.78. The van der Waals surface area contributed by atoms with E-state index >= 15 is 0 Å². The van der Waals surface area contributed by atoms with Crippen LogP contribution in [0.4, 0.5) is 5.69 Å². The van der Waals surface area contributed by atoms with Crippen LogP contribution in [0, 0.1) is 6.92 Å². The summed E-state index contributed by atoms with van der Waals surface area (Å²) in [6, 6.07) is 6.87. The maximum absolute atomic E-state index is 10.9. The zero-order valence-corrected chi connectivity index (χ0v) is 10.3. The van der Waals surface area contributed by atoms with E-state index in [1.807, 2.05) is 37.0 Å². The standard InChI is InChI=1S/C14H14N2O2/c1-10-3-4-12(14(17)18)7-13(10)15-8-11-5-6-16(2)9-11/h3-9H,1-2H3,(H,17,18). The minimum atomic E-state index is -0.939. The zero-order chi connectivity index (χ0) is 13.1. The summed E-state index contributed by atoms with van der Waals surface area (Å²) >= 11 is 0. The average Bonchev–Trinajstić information content (AvgIpc) is 2.74. The average molecular weight is 242 g/mol. The van der Waals surface area contributed by atoms with Crippen molar-refractivity contribution in [3.8, 4) is 0 Å². The third-order valence-electron chi connectivity index (χ3n) is 2.66. The van der Waals surface area contributed by atoms with Gasteiger partial charge in [0, 0.05) is 31.2 Å². The van der Waals surface area contributed by atoms with Gasteiger partial charge in [-0.15, -0.1) is 0 Å². The van der Waals surface area contributed by atoms with Gasteiger partial charge in [0.2, 0.25) is 0 Å². The lowest BCUT2D eigenvalue weighted by Crippen LogP contribution is -1.95. The molecule has 0 radical (unpaired) electrons. The van der Waals surface area contributed by atoms with E-state index in [0.717, 1.165) is 11.1 Å². The second kappa shape index (κ2) is 4.87. The van der Waals surface area contributed by atoms with Crippen molar-refractivity contribution in [2.75, 3.05) is 0 Å². The molecule has 2 rings (SSSR count). The molecule has 18 heavy (non-hydrogen) atoms. The number of benzene rings is 1. The molecule has 0 atom stereocenters. The fourth-order valence-corrected chi connectivity index (χ4v) is 1.63. The Kier molecular flexibility index (Phi) is 3.28. The summed E-state index contributed by atoms with van der Waals surface area (Å²) in [6.45, 7) is 1.91. The number of carbonyl (C=O) groups is 1. The molecule has 2 aromatic rings. The largest absolute Gasteiger partial charge is 0.478 e. The molecule has 4 nitrogen and oxygen atoms in total. The molecular weight excluding hydrogens is 228 g/mol. The van der Waals surface area contributed by atoms with Gasteiger partial charge < -0.3 is 9.67 Å². The van der Waals surface area contributed by atoms with Gasteiger partial charge in [0.15, 0.2) is 0 Å². The summed E-state index contributed by atoms with van der Waals surface area (Å²) in [5.41, 5.74) is 2.87. The Morgan fingerprint density at radius 1 is 1.39 bits per heavy atom. The van der Waals surface area contributed by atoms with Crippen molar-refractivity contribution in [3.63, 3.8) is 0 Å². The van der Waals surface area contributed by atoms with Crippen LogP contribution in [0.5, 0.6) is 0 Å². The molecule has 0 bridgehead atoms. The number of hydrogen-bond acceptors (Lipinski definition) is 2. The number of carboxylic acid groups (broad SMARTS) is 1. The molecule has 1 aromatic heterocycles. The molecule has 0 saturated carbocycles. The number of hydrogen-bond donors (Lipinski definition) is 1. The second-order valence-electron chi connectivity index (χ2n) is 4.17. The van der Waals surface area contributed by atoms with Gasteiger partial charge in [-0.1, -0.05) is 6.07 Å². The smallest absolute Gasteiger partial charge is 0.335 e. The lowest BCUT2D eigenvalue weighted by Gasteiger charge is -2.01. The molecular formula is C14H14N2O2. The van der Waals surface area contributed by atoms with Crippen LogP contribution in [0.15, 0.2) is 41.7 Å². The van der Waals surface area contributed by atoms with Crippen molar-refractivity contribution in [1.29, 1.82) is 0 Å². The molecule has 1 aromatic carbocycles. The predicted molar refractivity (Wildman–Crippen MR) is 70.8 cm³/mol. The topological polar surface area (TPSA) is 54.6 Å². The summed E-state index contributed by atoms with van der Waals surface area (Å²) in [5, 5.41) is 8.93. The Labute approximate surface area is 105 Å². The van der Waals surface area contributed by atoms with Crippen LogP contribution in [-0.4, -0.2) is 21.9 Å². The molecule has 0 amide bonds. The van der Waals surface area contributed by atoms with E-state index in [1.54, 1.807) is 24.4 Å². The van der Waals surface area contributed by atoms with Crippen LogP contribution in [0.2, 0.25) is 0 Å². The Balaban J connectivity index is 2.30. The SMILES string of the molecule is Cc1ccc(C(=O)O)cc1N=Cc1ccn(C)c1. The van der Waals surface area contributed by atoms with Gasteiger partial charge in [-0.2, -0.15) is 0 Å². The first-order chi connectivity index (χ1) is 8.56. The Bertz CT molecular complexity index is 612. The zero-order valence-electron chi connectivity index (χ0n) is 10.3. The van der Waals surface area contributed by atoms with E-state index < -0.39 is 5.97 Å². The number of aryl methyl sites for hydroxylation is 2. The lowest BCUT2D eigenvalue weighted by atomic mass is 10.1. The Morgan fingerprint density at radius 3 is 2.78 bits per heavy atom. The van der Waals surface area contributed by atoms with Crippen LogP contribution in [0.3, 0.4) is 0 Å². The summed E-state index contributed by atoms with van der Waals surface area (Å²) in [7, 11) is 1.94. The minimum absolute atomic E-state index is 0.251. The molecule has 92 valence electrons. The van der Waals surface area contributed by atoms with Gasteiger partial charge in [0.25, 0.3) is 0 Å². The van der Waals surface area contributed by atoms with Crippen LogP contribution in [-0.2, 0) is 7.05 Å². The highest BCUT2D eigenvalue weighted by Crippen LogP contribution is 2.20. The third kappa shape index (κ3) is 2.66. The first-order valence-corrected chi connectivity index (χ1v) is 5.56. The lowest BCUT2D eigenvalue weighted by molar-refractivity contribution is 0.0697. The highest BCUT2D eigenvalue weighted by atomic mass is 16.4. The first kappa shape index (κ1) is 12.1. The van der Waals surface area contributed by atoms with Crippen LogP contribution in [0.1, 0.15) is 21.5 Å². The molecule has 0 aliphatic carbocycles. The maximum atomic E-state index is 10.9. The number of rotatable bonds is 3. The van der Waals surface area contributed by atoms with E-state index in [-0.39, 0.29) is 5.56 Å². The van der Waals surface area contributed by atoms with E-state index in [1.165, 1.54) is 0 Å². The maximum Gasteiger partial charge on any atom is 0.335 e. The molecule has 0 spiro atoms. The van der Waals surface area contributed by atoms with E-state index in [0.29, 0.717) is 5.69 Å². The molecule has 0 fully saturated rings. The normalized spacial score (nSPS) is 11.0. The van der Waals surface area contributed by atoms with Crippen molar-refractivity contribution in [2.24, 2.45) is 12.0 Å². The van der Waals surface area contributed by atoms with Gasteiger partial charge in [0.05, 0.1) is 11.3 Å². The van der Waals surface area contributed by atoms with Crippen molar-refractivity contribution >= 4 is 17.9 Å². The molecule has 4 heteroatoms. The quantitative estimate of drug-likeness (QED) is 0.841. The number of nitrogens with zero attached hydrogens (tertiary/aromatic N) is 2. The fourth-order valence-electron chi connectivity index (χ4n) is 1.63. The number of aromatic carboxylic acids is 1. The van der Waals surface area contributed by atoms with Crippen molar-refractivity contribution in [3.05, 3.63) is 53.3 Å². The number of aliphatic imine (C=N–C) groups is 1.